The molecule has 0 spiro atoms. The molecule has 0 amide bonds. The van der Waals surface area contributed by atoms with E-state index in [4.69, 9.17) is 8.83 Å². The van der Waals surface area contributed by atoms with Crippen molar-refractivity contribution < 1.29 is 8.83 Å². The van der Waals surface area contributed by atoms with Crippen LogP contribution in [-0.2, 0) is 6.42 Å². The molecule has 0 bridgehead atoms. The van der Waals surface area contributed by atoms with Crippen molar-refractivity contribution in [1.82, 2.24) is 4.57 Å². The van der Waals surface area contributed by atoms with Crippen molar-refractivity contribution in [3.63, 3.8) is 0 Å². The van der Waals surface area contributed by atoms with Gasteiger partial charge in [-0.05, 0) is 143 Å². The van der Waals surface area contributed by atoms with Crippen LogP contribution in [0.4, 0.5) is 17.1 Å². The van der Waals surface area contributed by atoms with Crippen molar-refractivity contribution in [2.75, 3.05) is 4.90 Å². The Labute approximate surface area is 405 Å². The van der Waals surface area contributed by atoms with E-state index >= 15 is 0 Å². The first-order valence-corrected chi connectivity index (χ1v) is 24.1. The van der Waals surface area contributed by atoms with Crippen LogP contribution in [0, 0.1) is 0 Å². The average molecular weight is 897 g/mol. The zero-order valence-corrected chi connectivity index (χ0v) is 38.2. The van der Waals surface area contributed by atoms with E-state index in [2.05, 4.69) is 240 Å². The molecule has 0 fully saturated rings. The summed E-state index contributed by atoms with van der Waals surface area (Å²) in [4.78, 5) is 2.35. The van der Waals surface area contributed by atoms with Crippen LogP contribution in [0.5, 0.6) is 0 Å². The summed E-state index contributed by atoms with van der Waals surface area (Å²) in [5.41, 5.74) is 20.1. The summed E-state index contributed by atoms with van der Waals surface area (Å²) < 4.78 is 15.1. The third-order valence-corrected chi connectivity index (χ3v) is 14.3. The summed E-state index contributed by atoms with van der Waals surface area (Å²) in [6.45, 7) is 0. The summed E-state index contributed by atoms with van der Waals surface area (Å²) in [6, 6.07) is 83.2. The standard InChI is InChI=1S/C66H44N2O2/c1-2-12-43(13-3-1)47-14-10-15-53(40-47)68-61-21-7-4-16-55(61)59-41-48(30-38-62(59)68)44-24-32-50(33-25-44)67(51-34-26-45(27-35-51)49-31-39-65-60(42-49)57-18-6-8-22-63(57)69-65)52-36-28-46(29-37-52)54-19-11-20-58-56-17-5-9-23-64(56)70-66(54)58/h1-4,6-16,18-42H,5,17H2. The van der Waals surface area contributed by atoms with Gasteiger partial charge in [0.2, 0.25) is 0 Å². The minimum atomic E-state index is 0.899. The Balaban J connectivity index is 0.837. The Morgan fingerprint density at radius 3 is 1.70 bits per heavy atom. The fourth-order valence-corrected chi connectivity index (χ4v) is 10.9. The van der Waals surface area contributed by atoms with E-state index in [0.29, 0.717) is 0 Å². The van der Waals surface area contributed by atoms with Crippen molar-refractivity contribution in [1.29, 1.82) is 0 Å². The number of anilines is 3. The van der Waals surface area contributed by atoms with Gasteiger partial charge in [-0.3, -0.25) is 0 Å². The smallest absolute Gasteiger partial charge is 0.142 e. The van der Waals surface area contributed by atoms with Crippen LogP contribution in [0.25, 0.3) is 111 Å². The molecule has 0 N–H and O–H groups in total. The van der Waals surface area contributed by atoms with Crippen LogP contribution in [0.3, 0.4) is 0 Å². The molecule has 3 aromatic heterocycles. The van der Waals surface area contributed by atoms with Crippen molar-refractivity contribution in [3.8, 4) is 50.2 Å². The van der Waals surface area contributed by atoms with Crippen LogP contribution in [0.15, 0.2) is 245 Å². The molecule has 3 heterocycles. The fourth-order valence-electron chi connectivity index (χ4n) is 10.9. The van der Waals surface area contributed by atoms with Gasteiger partial charge in [-0.15, -0.1) is 0 Å². The van der Waals surface area contributed by atoms with Gasteiger partial charge in [0.15, 0.2) is 0 Å². The summed E-state index contributed by atoms with van der Waals surface area (Å²) in [6.07, 6.45) is 6.38. The third-order valence-electron chi connectivity index (χ3n) is 14.3. The maximum Gasteiger partial charge on any atom is 0.142 e. The van der Waals surface area contributed by atoms with Gasteiger partial charge in [0.25, 0.3) is 0 Å². The number of rotatable bonds is 8. The lowest BCUT2D eigenvalue weighted by molar-refractivity contribution is 0.596. The second kappa shape index (κ2) is 16.3. The highest BCUT2D eigenvalue weighted by Gasteiger charge is 2.20. The van der Waals surface area contributed by atoms with Crippen molar-refractivity contribution in [2.45, 2.75) is 12.8 Å². The maximum absolute atomic E-state index is 6.51. The Hall–Kier alpha value is -9.12. The van der Waals surface area contributed by atoms with Gasteiger partial charge in [-0.1, -0.05) is 152 Å². The molecule has 0 radical (unpaired) electrons. The summed E-state index contributed by atoms with van der Waals surface area (Å²) in [5.74, 6) is 0.984. The minimum absolute atomic E-state index is 0.899. The van der Waals surface area contributed by atoms with Gasteiger partial charge in [0, 0.05) is 60.8 Å². The normalized spacial score (nSPS) is 12.4. The molecule has 0 saturated carbocycles. The second-order valence-corrected chi connectivity index (χ2v) is 18.4. The number of nitrogens with zero attached hydrogens (tertiary/aromatic N) is 2. The molecule has 4 heteroatoms. The molecule has 70 heavy (non-hydrogen) atoms. The Kier molecular flexibility index (Phi) is 9.31. The predicted octanol–water partition coefficient (Wildman–Crippen LogP) is 18.5. The first-order valence-electron chi connectivity index (χ1n) is 24.1. The van der Waals surface area contributed by atoms with Gasteiger partial charge >= 0.3 is 0 Å². The van der Waals surface area contributed by atoms with Crippen molar-refractivity contribution >= 4 is 77.9 Å². The van der Waals surface area contributed by atoms with E-state index in [1.54, 1.807) is 0 Å². The first kappa shape index (κ1) is 40.0. The maximum atomic E-state index is 6.51. The first-order chi connectivity index (χ1) is 34.7. The molecule has 0 saturated heterocycles. The molecular formula is C66H44N2O2. The van der Waals surface area contributed by atoms with Crippen LogP contribution < -0.4 is 4.90 Å². The lowest BCUT2D eigenvalue weighted by Crippen LogP contribution is -2.09. The molecular weight excluding hydrogens is 853 g/mol. The number of fused-ring (bicyclic) bond motifs is 9. The number of benzene rings is 10. The number of aryl methyl sites for hydroxylation is 1. The summed E-state index contributed by atoms with van der Waals surface area (Å²) in [5, 5.41) is 5.92. The lowest BCUT2D eigenvalue weighted by Gasteiger charge is -2.26. The van der Waals surface area contributed by atoms with E-state index in [-0.39, 0.29) is 0 Å². The second-order valence-electron chi connectivity index (χ2n) is 18.4. The number of para-hydroxylation sites is 3. The Bertz CT molecular complexity index is 4150. The van der Waals surface area contributed by atoms with Gasteiger partial charge in [-0.25, -0.2) is 0 Å². The van der Waals surface area contributed by atoms with E-state index in [1.807, 2.05) is 12.1 Å². The van der Waals surface area contributed by atoms with Gasteiger partial charge in [-0.2, -0.15) is 0 Å². The van der Waals surface area contributed by atoms with Crippen molar-refractivity contribution in [3.05, 3.63) is 248 Å². The zero-order chi connectivity index (χ0) is 46.1. The summed E-state index contributed by atoms with van der Waals surface area (Å²) in [7, 11) is 0. The molecule has 1 aliphatic carbocycles. The number of furan rings is 2. The summed E-state index contributed by atoms with van der Waals surface area (Å²) >= 11 is 0. The SMILES string of the molecule is C1=Cc2oc3c(-c4ccc(N(c5ccc(-c6ccc7oc8ccccc8c7c6)cc5)c5ccc(-c6ccc7c(c6)c6ccccc6n7-c6cccc(-c7ccccc7)c6)cc5)cc4)cccc3c2CC1. The molecule has 0 atom stereocenters. The van der Waals surface area contributed by atoms with Crippen LogP contribution >= 0.6 is 0 Å². The number of hydrogen-bond acceptors (Lipinski definition) is 3. The molecule has 1 aliphatic rings. The van der Waals surface area contributed by atoms with Crippen LogP contribution in [-0.4, -0.2) is 4.57 Å². The largest absolute Gasteiger partial charge is 0.456 e. The highest BCUT2D eigenvalue weighted by Crippen LogP contribution is 2.42. The van der Waals surface area contributed by atoms with Gasteiger partial charge in [0.1, 0.15) is 22.5 Å². The predicted molar refractivity (Wildman–Crippen MR) is 292 cm³/mol. The highest BCUT2D eigenvalue weighted by atomic mass is 16.3. The number of hydrogen-bond donors (Lipinski definition) is 0. The lowest BCUT2D eigenvalue weighted by atomic mass is 9.97. The van der Waals surface area contributed by atoms with Gasteiger partial charge in [0.05, 0.1) is 11.0 Å². The Morgan fingerprint density at radius 1 is 0.371 bits per heavy atom. The minimum Gasteiger partial charge on any atom is -0.456 e. The zero-order valence-electron chi connectivity index (χ0n) is 38.2. The van der Waals surface area contributed by atoms with Crippen LogP contribution in [0.2, 0.25) is 0 Å². The quantitative estimate of drug-likeness (QED) is 0.152. The van der Waals surface area contributed by atoms with Crippen LogP contribution in [0.1, 0.15) is 17.7 Å². The van der Waals surface area contributed by atoms with Crippen molar-refractivity contribution in [2.24, 2.45) is 0 Å². The molecule has 4 nitrogen and oxygen atoms in total. The topological polar surface area (TPSA) is 34.5 Å². The fraction of sp³-hybridized carbons (Fsp3) is 0.0303. The third kappa shape index (κ3) is 6.68. The van der Waals surface area contributed by atoms with E-state index < -0.39 is 0 Å². The number of aromatic nitrogens is 1. The van der Waals surface area contributed by atoms with E-state index in [1.165, 1.54) is 49.4 Å². The van der Waals surface area contributed by atoms with E-state index in [9.17, 15) is 0 Å². The molecule has 0 aliphatic heterocycles. The van der Waals surface area contributed by atoms with Gasteiger partial charge < -0.3 is 18.3 Å². The number of allylic oxidation sites excluding steroid dienone is 1. The highest BCUT2D eigenvalue weighted by molar-refractivity contribution is 6.11. The Morgan fingerprint density at radius 2 is 0.929 bits per heavy atom. The van der Waals surface area contributed by atoms with E-state index in [0.717, 1.165) is 96.7 Å². The molecule has 0 unspecified atom stereocenters. The molecule has 14 rings (SSSR count). The average Bonchev–Trinajstić information content (AvgIpc) is 4.11. The molecule has 10 aromatic carbocycles. The monoisotopic (exact) mass is 896 g/mol. The molecule has 330 valence electrons. The molecule has 13 aromatic rings.